The van der Waals surface area contributed by atoms with E-state index in [1.165, 1.54) is 17.8 Å². The van der Waals surface area contributed by atoms with E-state index in [0.717, 1.165) is 18.7 Å². The molecule has 0 saturated carbocycles. The molecule has 4 nitrogen and oxygen atoms in total. The first-order valence-electron chi connectivity index (χ1n) is 8.25. The average Bonchev–Trinajstić information content (AvgIpc) is 3.04. The van der Waals surface area contributed by atoms with Crippen LogP contribution in [0.4, 0.5) is 15.8 Å². The van der Waals surface area contributed by atoms with Crippen LogP contribution in [0.5, 0.6) is 0 Å². The molecule has 2 amide bonds. The van der Waals surface area contributed by atoms with Crippen molar-refractivity contribution in [3.05, 3.63) is 58.9 Å². The minimum absolute atomic E-state index is 0.130. The monoisotopic (exact) mass is 392 g/mol. The van der Waals surface area contributed by atoms with Crippen LogP contribution in [-0.4, -0.2) is 24.1 Å². The number of benzene rings is 2. The Morgan fingerprint density at radius 1 is 1.23 bits per heavy atom. The molecule has 1 aliphatic rings. The molecule has 3 rings (SSSR count). The summed E-state index contributed by atoms with van der Waals surface area (Å²) in [6, 6.07) is 11.7. The molecule has 1 N–H and O–H groups in total. The quantitative estimate of drug-likeness (QED) is 0.788. The number of halogens is 2. The third-order valence-corrected chi connectivity index (χ3v) is 5.39. The molecular weight excluding hydrogens is 375 g/mol. The predicted molar refractivity (Wildman–Crippen MR) is 104 cm³/mol. The second-order valence-corrected chi connectivity index (χ2v) is 7.33. The molecule has 26 heavy (non-hydrogen) atoms. The van der Waals surface area contributed by atoms with Crippen LogP contribution in [0.1, 0.15) is 18.4 Å². The van der Waals surface area contributed by atoms with Crippen molar-refractivity contribution in [1.29, 1.82) is 0 Å². The van der Waals surface area contributed by atoms with Gasteiger partial charge in [-0.1, -0.05) is 17.7 Å². The topological polar surface area (TPSA) is 49.4 Å². The highest BCUT2D eigenvalue weighted by Crippen LogP contribution is 2.25. The van der Waals surface area contributed by atoms with E-state index in [1.54, 1.807) is 29.2 Å². The van der Waals surface area contributed by atoms with E-state index in [4.69, 9.17) is 11.6 Å². The zero-order valence-corrected chi connectivity index (χ0v) is 15.6. The Kier molecular flexibility index (Phi) is 6.16. The van der Waals surface area contributed by atoms with Crippen molar-refractivity contribution in [3.63, 3.8) is 0 Å². The van der Waals surface area contributed by atoms with Gasteiger partial charge in [0.2, 0.25) is 11.8 Å². The van der Waals surface area contributed by atoms with Gasteiger partial charge in [-0.25, -0.2) is 4.39 Å². The van der Waals surface area contributed by atoms with Crippen molar-refractivity contribution >= 4 is 46.6 Å². The number of hydrogen-bond acceptors (Lipinski definition) is 3. The molecule has 136 valence electrons. The van der Waals surface area contributed by atoms with Gasteiger partial charge in [-0.2, -0.15) is 0 Å². The number of nitrogens with one attached hydrogen (secondary N) is 1. The van der Waals surface area contributed by atoms with Crippen molar-refractivity contribution < 1.29 is 14.0 Å². The molecule has 1 fully saturated rings. The van der Waals surface area contributed by atoms with Gasteiger partial charge in [0.1, 0.15) is 5.82 Å². The highest BCUT2D eigenvalue weighted by molar-refractivity contribution is 7.99. The Hall–Kier alpha value is -2.05. The number of rotatable bonds is 6. The van der Waals surface area contributed by atoms with Crippen molar-refractivity contribution in [2.24, 2.45) is 0 Å². The zero-order valence-electron chi connectivity index (χ0n) is 14.0. The lowest BCUT2D eigenvalue weighted by molar-refractivity contribution is -0.117. The molecule has 1 aliphatic heterocycles. The smallest absolute Gasteiger partial charge is 0.234 e. The summed E-state index contributed by atoms with van der Waals surface area (Å²) >= 11 is 7.27. The fraction of sp³-hybridized carbons (Fsp3) is 0.263. The van der Waals surface area contributed by atoms with Crippen LogP contribution >= 0.6 is 23.4 Å². The third kappa shape index (κ3) is 4.56. The Balaban J connectivity index is 1.49. The lowest BCUT2D eigenvalue weighted by Gasteiger charge is -2.16. The predicted octanol–water partition coefficient (Wildman–Crippen LogP) is 4.48. The van der Waals surface area contributed by atoms with Crippen molar-refractivity contribution in [2.75, 3.05) is 22.5 Å². The highest BCUT2D eigenvalue weighted by Gasteiger charge is 2.21. The van der Waals surface area contributed by atoms with E-state index in [2.05, 4.69) is 5.32 Å². The van der Waals surface area contributed by atoms with Gasteiger partial charge in [0.05, 0.1) is 5.75 Å². The molecular formula is C19H18ClFN2O2S. The Labute approximate surface area is 160 Å². The lowest BCUT2D eigenvalue weighted by Crippen LogP contribution is -2.23. The molecule has 1 heterocycles. The van der Waals surface area contributed by atoms with Gasteiger partial charge < -0.3 is 10.2 Å². The number of nitrogens with zero attached hydrogens (tertiary/aromatic N) is 1. The van der Waals surface area contributed by atoms with E-state index in [9.17, 15) is 14.0 Å². The molecule has 0 atom stereocenters. The molecule has 2 aromatic rings. The lowest BCUT2D eigenvalue weighted by atomic mass is 10.2. The third-order valence-electron chi connectivity index (χ3n) is 4.08. The zero-order chi connectivity index (χ0) is 18.5. The van der Waals surface area contributed by atoms with E-state index in [0.29, 0.717) is 28.4 Å². The largest absolute Gasteiger partial charge is 0.325 e. The Bertz CT molecular complexity index is 793. The molecule has 0 aromatic heterocycles. The molecule has 2 aromatic carbocycles. The molecule has 0 unspecified atom stereocenters. The highest BCUT2D eigenvalue weighted by atomic mass is 35.5. The molecule has 0 spiro atoms. The van der Waals surface area contributed by atoms with Gasteiger partial charge >= 0.3 is 0 Å². The number of carbonyl (C=O) groups is 2. The Morgan fingerprint density at radius 2 is 2.00 bits per heavy atom. The summed E-state index contributed by atoms with van der Waals surface area (Å²) in [5, 5.41) is 3.16. The fourth-order valence-corrected chi connectivity index (χ4v) is 3.93. The van der Waals surface area contributed by atoms with Gasteiger partial charge in [0.25, 0.3) is 0 Å². The molecule has 0 radical (unpaired) electrons. The Morgan fingerprint density at radius 3 is 2.65 bits per heavy atom. The summed E-state index contributed by atoms with van der Waals surface area (Å²) in [4.78, 5) is 25.5. The summed E-state index contributed by atoms with van der Waals surface area (Å²) in [7, 11) is 0. The number of hydrogen-bond donors (Lipinski definition) is 1. The average molecular weight is 393 g/mol. The maximum atomic E-state index is 13.7. The number of thioether (sulfide) groups is 1. The summed E-state index contributed by atoms with van der Waals surface area (Å²) in [5.41, 5.74) is 1.91. The molecule has 0 aliphatic carbocycles. The van der Waals surface area contributed by atoms with Crippen LogP contribution in [0.25, 0.3) is 0 Å². The summed E-state index contributed by atoms with van der Waals surface area (Å²) in [5.74, 6) is 0.112. The van der Waals surface area contributed by atoms with Crippen molar-refractivity contribution in [1.82, 2.24) is 0 Å². The number of amides is 2. The van der Waals surface area contributed by atoms with Gasteiger partial charge in [-0.3, -0.25) is 9.59 Å². The molecule has 7 heteroatoms. The minimum Gasteiger partial charge on any atom is -0.325 e. The molecule has 1 saturated heterocycles. The second-order valence-electron chi connectivity index (χ2n) is 5.94. The number of carbonyl (C=O) groups excluding carboxylic acids is 2. The maximum absolute atomic E-state index is 13.7. The van der Waals surface area contributed by atoms with Crippen LogP contribution in [0.3, 0.4) is 0 Å². The van der Waals surface area contributed by atoms with Crippen molar-refractivity contribution in [2.45, 2.75) is 18.6 Å². The standard InChI is InChI=1S/C19H18ClFN2O2S/c20-16-3-1-4-17(21)15(16)11-26-12-18(24)22-13-6-8-14(9-7-13)23-10-2-5-19(23)25/h1,3-4,6-9H,2,5,10-12H2,(H,22,24). The minimum atomic E-state index is -0.363. The van der Waals surface area contributed by atoms with E-state index in [1.807, 2.05) is 12.1 Å². The van der Waals surface area contributed by atoms with Crippen molar-refractivity contribution in [3.8, 4) is 0 Å². The van der Waals surface area contributed by atoms with Crippen LogP contribution in [0.2, 0.25) is 5.02 Å². The number of anilines is 2. The first kappa shape index (κ1) is 18.7. The molecule has 0 bridgehead atoms. The van der Waals surface area contributed by atoms with E-state index >= 15 is 0 Å². The van der Waals surface area contributed by atoms with Gasteiger partial charge in [0, 0.05) is 40.7 Å². The van der Waals surface area contributed by atoms with E-state index in [-0.39, 0.29) is 23.4 Å². The van der Waals surface area contributed by atoms with Crippen LogP contribution in [0, 0.1) is 5.82 Å². The van der Waals surface area contributed by atoms with Crippen LogP contribution in [-0.2, 0) is 15.3 Å². The fourth-order valence-electron chi connectivity index (χ4n) is 2.76. The first-order chi connectivity index (χ1) is 12.5. The van der Waals surface area contributed by atoms with Crippen LogP contribution < -0.4 is 10.2 Å². The van der Waals surface area contributed by atoms with Crippen LogP contribution in [0.15, 0.2) is 42.5 Å². The summed E-state index contributed by atoms with van der Waals surface area (Å²) in [6.45, 7) is 0.736. The second kappa shape index (κ2) is 8.56. The van der Waals surface area contributed by atoms with Gasteiger partial charge in [-0.15, -0.1) is 11.8 Å². The van der Waals surface area contributed by atoms with Gasteiger partial charge in [-0.05, 0) is 42.8 Å². The normalized spacial score (nSPS) is 13.9. The summed E-state index contributed by atoms with van der Waals surface area (Å²) < 4.78 is 13.7. The van der Waals surface area contributed by atoms with Gasteiger partial charge in [0.15, 0.2) is 0 Å². The summed E-state index contributed by atoms with van der Waals surface area (Å²) in [6.07, 6.45) is 1.46. The SMILES string of the molecule is O=C(CSCc1c(F)cccc1Cl)Nc1ccc(N2CCCC2=O)cc1. The van der Waals surface area contributed by atoms with E-state index < -0.39 is 0 Å². The maximum Gasteiger partial charge on any atom is 0.234 e. The first-order valence-corrected chi connectivity index (χ1v) is 9.79.